The molecule has 4 aromatic rings. The van der Waals surface area contributed by atoms with Crippen molar-refractivity contribution < 1.29 is 9.84 Å². The standard InChI is InChI=1S/C23H26N4O2S/c28-10-11-29-19-8-9-27-18(15-24-22(27)14-19)12-16-6-7-20-21(13-16)30-23(26-20)25-17-4-2-1-3-5-17/h6-9,13-15,17,28H,1-5,10-12H2,(H,25,26). The van der Waals surface area contributed by atoms with E-state index in [4.69, 9.17) is 14.8 Å². The molecule has 1 aliphatic carbocycles. The van der Waals surface area contributed by atoms with Gasteiger partial charge in [-0.1, -0.05) is 36.7 Å². The van der Waals surface area contributed by atoms with E-state index in [9.17, 15) is 0 Å². The molecule has 3 aromatic heterocycles. The largest absolute Gasteiger partial charge is 0.491 e. The van der Waals surface area contributed by atoms with Crippen molar-refractivity contribution >= 4 is 32.3 Å². The number of nitrogens with zero attached hydrogens (tertiary/aromatic N) is 3. The molecule has 30 heavy (non-hydrogen) atoms. The maximum atomic E-state index is 8.91. The van der Waals surface area contributed by atoms with E-state index >= 15 is 0 Å². The van der Waals surface area contributed by atoms with Crippen molar-refractivity contribution in [3.8, 4) is 5.75 Å². The third kappa shape index (κ3) is 4.13. The summed E-state index contributed by atoms with van der Waals surface area (Å²) in [7, 11) is 0. The highest BCUT2D eigenvalue weighted by Crippen LogP contribution is 2.30. The summed E-state index contributed by atoms with van der Waals surface area (Å²) < 4.78 is 8.78. The van der Waals surface area contributed by atoms with Crippen LogP contribution in [0.3, 0.4) is 0 Å². The summed E-state index contributed by atoms with van der Waals surface area (Å²) in [5.41, 5.74) is 4.28. The quantitative estimate of drug-likeness (QED) is 0.454. The molecule has 2 N–H and O–H groups in total. The van der Waals surface area contributed by atoms with Crippen LogP contribution in [-0.2, 0) is 6.42 Å². The van der Waals surface area contributed by atoms with E-state index in [2.05, 4.69) is 32.9 Å². The van der Waals surface area contributed by atoms with Crippen LogP contribution >= 0.6 is 11.3 Å². The van der Waals surface area contributed by atoms with Gasteiger partial charge in [0.2, 0.25) is 0 Å². The number of aromatic nitrogens is 3. The van der Waals surface area contributed by atoms with E-state index in [0.29, 0.717) is 6.04 Å². The highest BCUT2D eigenvalue weighted by molar-refractivity contribution is 7.22. The second-order valence-corrected chi connectivity index (χ2v) is 8.92. The number of fused-ring (bicyclic) bond motifs is 2. The van der Waals surface area contributed by atoms with Gasteiger partial charge in [-0.2, -0.15) is 0 Å². The fourth-order valence-corrected chi connectivity index (χ4v) is 5.18. The van der Waals surface area contributed by atoms with Crippen LogP contribution < -0.4 is 10.1 Å². The zero-order valence-electron chi connectivity index (χ0n) is 16.9. The van der Waals surface area contributed by atoms with Crippen LogP contribution in [-0.4, -0.2) is 38.7 Å². The van der Waals surface area contributed by atoms with Crippen molar-refractivity contribution in [2.75, 3.05) is 18.5 Å². The molecule has 0 aliphatic heterocycles. The molecular formula is C23H26N4O2S. The molecule has 1 aromatic carbocycles. The summed E-state index contributed by atoms with van der Waals surface area (Å²) in [5, 5.41) is 13.6. The summed E-state index contributed by atoms with van der Waals surface area (Å²) >= 11 is 1.75. The molecule has 0 spiro atoms. The van der Waals surface area contributed by atoms with Crippen LogP contribution in [0.2, 0.25) is 0 Å². The first-order valence-electron chi connectivity index (χ1n) is 10.6. The van der Waals surface area contributed by atoms with Gasteiger partial charge in [0.05, 0.1) is 16.8 Å². The molecule has 3 heterocycles. The second kappa shape index (κ2) is 8.62. The number of thiazole rings is 1. The second-order valence-electron chi connectivity index (χ2n) is 7.89. The predicted molar refractivity (Wildman–Crippen MR) is 121 cm³/mol. The first-order valence-corrected chi connectivity index (χ1v) is 11.5. The Morgan fingerprint density at radius 3 is 2.93 bits per heavy atom. The lowest BCUT2D eigenvalue weighted by molar-refractivity contribution is 0.201. The smallest absolute Gasteiger partial charge is 0.184 e. The Morgan fingerprint density at radius 2 is 2.07 bits per heavy atom. The molecule has 0 radical (unpaired) electrons. The number of rotatable bonds is 7. The number of aliphatic hydroxyl groups excluding tert-OH is 1. The van der Waals surface area contributed by atoms with Crippen LogP contribution in [0.15, 0.2) is 42.7 Å². The lowest BCUT2D eigenvalue weighted by Crippen LogP contribution is -2.21. The van der Waals surface area contributed by atoms with Gasteiger partial charge in [0.1, 0.15) is 18.0 Å². The Bertz CT molecular complexity index is 1150. The number of imidazole rings is 1. The van der Waals surface area contributed by atoms with Crippen LogP contribution in [0, 0.1) is 0 Å². The molecule has 0 saturated heterocycles. The third-order valence-corrected chi connectivity index (χ3v) is 6.64. The number of hydrogen-bond donors (Lipinski definition) is 2. The molecule has 7 heteroatoms. The van der Waals surface area contributed by atoms with E-state index in [1.54, 1.807) is 11.3 Å². The maximum Gasteiger partial charge on any atom is 0.184 e. The average molecular weight is 423 g/mol. The van der Waals surface area contributed by atoms with Crippen LogP contribution in [0.1, 0.15) is 43.4 Å². The minimum atomic E-state index is 0.00279. The van der Waals surface area contributed by atoms with E-state index in [1.807, 2.05) is 24.5 Å². The minimum absolute atomic E-state index is 0.00279. The Hall–Kier alpha value is -2.64. The van der Waals surface area contributed by atoms with Gasteiger partial charge in [0.25, 0.3) is 0 Å². The highest BCUT2D eigenvalue weighted by Gasteiger charge is 2.15. The zero-order chi connectivity index (χ0) is 20.3. The maximum absolute atomic E-state index is 8.91. The van der Waals surface area contributed by atoms with Crippen molar-refractivity contribution in [3.63, 3.8) is 0 Å². The normalized spacial score (nSPS) is 15.1. The van der Waals surface area contributed by atoms with Gasteiger partial charge in [-0.3, -0.25) is 0 Å². The highest BCUT2D eigenvalue weighted by atomic mass is 32.1. The molecule has 156 valence electrons. The first kappa shape index (κ1) is 19.3. The van der Waals surface area contributed by atoms with Gasteiger partial charge < -0.3 is 19.6 Å². The molecule has 1 fully saturated rings. The molecule has 0 bridgehead atoms. The van der Waals surface area contributed by atoms with Crippen molar-refractivity contribution in [1.82, 2.24) is 14.4 Å². The summed E-state index contributed by atoms with van der Waals surface area (Å²) in [6, 6.07) is 10.9. The zero-order valence-corrected chi connectivity index (χ0v) is 17.7. The van der Waals surface area contributed by atoms with E-state index in [0.717, 1.165) is 34.2 Å². The molecule has 0 amide bonds. The fourth-order valence-electron chi connectivity index (χ4n) is 4.17. The average Bonchev–Trinajstić information content (AvgIpc) is 3.36. The first-order chi connectivity index (χ1) is 14.8. The van der Waals surface area contributed by atoms with Gasteiger partial charge >= 0.3 is 0 Å². The molecule has 0 atom stereocenters. The lowest BCUT2D eigenvalue weighted by atomic mass is 9.96. The van der Waals surface area contributed by atoms with E-state index in [1.165, 1.54) is 42.4 Å². The molecule has 5 rings (SSSR count). The van der Waals surface area contributed by atoms with E-state index < -0.39 is 0 Å². The molecule has 1 saturated carbocycles. The number of anilines is 1. The van der Waals surface area contributed by atoms with Crippen molar-refractivity contribution in [2.45, 2.75) is 44.6 Å². The third-order valence-electron chi connectivity index (χ3n) is 5.69. The van der Waals surface area contributed by atoms with Gasteiger partial charge in [-0.15, -0.1) is 0 Å². The summed E-state index contributed by atoms with van der Waals surface area (Å²) in [6.07, 6.45) is 11.2. The lowest BCUT2D eigenvalue weighted by Gasteiger charge is -2.22. The number of aliphatic hydroxyl groups is 1. The Kier molecular flexibility index (Phi) is 5.55. The molecular weight excluding hydrogens is 396 g/mol. The SMILES string of the molecule is OCCOc1ccn2c(Cc3ccc4nc(NC5CCCCC5)sc4c3)cnc2c1. The predicted octanol–water partition coefficient (Wildman–Crippen LogP) is 4.65. The number of benzene rings is 1. The summed E-state index contributed by atoms with van der Waals surface area (Å²) in [5.74, 6) is 0.720. The van der Waals surface area contributed by atoms with Gasteiger partial charge in [-0.25, -0.2) is 9.97 Å². The molecule has 6 nitrogen and oxygen atoms in total. The Balaban J connectivity index is 1.33. The van der Waals surface area contributed by atoms with Gasteiger partial charge in [0, 0.05) is 36.6 Å². The van der Waals surface area contributed by atoms with Gasteiger partial charge in [-0.05, 0) is 36.6 Å². The molecule has 0 unspecified atom stereocenters. The summed E-state index contributed by atoms with van der Waals surface area (Å²) in [6.45, 7) is 0.291. The van der Waals surface area contributed by atoms with E-state index in [-0.39, 0.29) is 13.2 Å². The Labute approximate surface area is 179 Å². The Morgan fingerprint density at radius 1 is 1.17 bits per heavy atom. The minimum Gasteiger partial charge on any atom is -0.491 e. The van der Waals surface area contributed by atoms with Crippen molar-refractivity contribution in [2.24, 2.45) is 0 Å². The number of ether oxygens (including phenoxy) is 1. The summed E-state index contributed by atoms with van der Waals surface area (Å²) in [4.78, 5) is 9.30. The van der Waals surface area contributed by atoms with Crippen molar-refractivity contribution in [3.05, 3.63) is 54.0 Å². The van der Waals surface area contributed by atoms with Crippen LogP contribution in [0.25, 0.3) is 15.9 Å². The topological polar surface area (TPSA) is 71.7 Å². The van der Waals surface area contributed by atoms with Crippen LogP contribution in [0.5, 0.6) is 5.75 Å². The van der Waals surface area contributed by atoms with Crippen LogP contribution in [0.4, 0.5) is 5.13 Å². The molecule has 1 aliphatic rings. The number of pyridine rings is 1. The van der Waals surface area contributed by atoms with Gasteiger partial charge in [0.15, 0.2) is 5.13 Å². The number of hydrogen-bond acceptors (Lipinski definition) is 6. The van der Waals surface area contributed by atoms with Crippen molar-refractivity contribution in [1.29, 1.82) is 0 Å². The monoisotopic (exact) mass is 422 g/mol. The fraction of sp³-hybridized carbons (Fsp3) is 0.391. The number of nitrogens with one attached hydrogen (secondary N) is 1.